The van der Waals surface area contributed by atoms with Gasteiger partial charge in [0.2, 0.25) is 0 Å². The molecule has 0 aromatic heterocycles. The molecule has 0 atom stereocenters. The standard InChI is InChI=1S/C20H22N4O/c1-20(2,3)24-19-18(21-15-10-12-16(25-4)13-11-15)22-17(23-19)14-8-6-5-7-9-14/h5-13H,1-4H3,(H,21,22,23,24). The highest BCUT2D eigenvalue weighted by atomic mass is 16.5. The SMILES string of the molecule is COc1ccc(NC2=NC(c3ccccc3)=NC2=NC(C)(C)C)cc1. The predicted molar refractivity (Wildman–Crippen MR) is 104 cm³/mol. The van der Waals surface area contributed by atoms with Crippen molar-refractivity contribution in [1.82, 2.24) is 0 Å². The molecule has 0 amide bonds. The maximum absolute atomic E-state index is 5.20. The molecule has 0 radical (unpaired) electrons. The minimum atomic E-state index is -0.243. The number of amidine groups is 3. The summed E-state index contributed by atoms with van der Waals surface area (Å²) in [7, 11) is 1.65. The van der Waals surface area contributed by atoms with Crippen LogP contribution in [0.4, 0.5) is 5.69 Å². The largest absolute Gasteiger partial charge is 0.497 e. The van der Waals surface area contributed by atoms with Gasteiger partial charge in [-0.1, -0.05) is 30.3 Å². The summed E-state index contributed by atoms with van der Waals surface area (Å²) in [5.41, 5.74) is 1.63. The summed E-state index contributed by atoms with van der Waals surface area (Å²) >= 11 is 0. The fourth-order valence-corrected chi connectivity index (χ4v) is 2.34. The zero-order chi connectivity index (χ0) is 17.9. The van der Waals surface area contributed by atoms with E-state index in [0.29, 0.717) is 17.5 Å². The molecule has 2 aromatic carbocycles. The van der Waals surface area contributed by atoms with Gasteiger partial charge in [0.05, 0.1) is 12.6 Å². The second-order valence-corrected chi connectivity index (χ2v) is 6.72. The number of nitrogens with zero attached hydrogens (tertiary/aromatic N) is 3. The molecule has 0 aliphatic carbocycles. The minimum Gasteiger partial charge on any atom is -0.497 e. The maximum Gasteiger partial charge on any atom is 0.193 e. The predicted octanol–water partition coefficient (Wildman–Crippen LogP) is 4.16. The van der Waals surface area contributed by atoms with Crippen molar-refractivity contribution in [2.75, 3.05) is 12.4 Å². The Hall–Kier alpha value is -2.95. The van der Waals surface area contributed by atoms with Crippen LogP contribution in [0.25, 0.3) is 0 Å². The maximum atomic E-state index is 5.20. The molecule has 1 heterocycles. The Bertz CT molecular complexity index is 828. The van der Waals surface area contributed by atoms with E-state index < -0.39 is 0 Å². The quantitative estimate of drug-likeness (QED) is 0.916. The number of hydrogen-bond acceptors (Lipinski definition) is 4. The van der Waals surface area contributed by atoms with E-state index >= 15 is 0 Å². The summed E-state index contributed by atoms with van der Waals surface area (Å²) in [6.45, 7) is 6.13. The third-order valence-electron chi connectivity index (χ3n) is 3.47. The van der Waals surface area contributed by atoms with Crippen molar-refractivity contribution in [2.45, 2.75) is 26.3 Å². The number of methoxy groups -OCH3 is 1. The van der Waals surface area contributed by atoms with Crippen LogP contribution in [-0.2, 0) is 0 Å². The van der Waals surface area contributed by atoms with Crippen molar-refractivity contribution in [3.8, 4) is 5.75 Å². The summed E-state index contributed by atoms with van der Waals surface area (Å²) in [6, 6.07) is 17.6. The van der Waals surface area contributed by atoms with Gasteiger partial charge in [-0.25, -0.2) is 9.98 Å². The van der Waals surface area contributed by atoms with Crippen molar-refractivity contribution >= 4 is 23.2 Å². The van der Waals surface area contributed by atoms with Crippen LogP contribution < -0.4 is 10.1 Å². The molecule has 2 aromatic rings. The number of rotatable bonds is 3. The van der Waals surface area contributed by atoms with Crippen LogP contribution in [0.15, 0.2) is 69.6 Å². The normalized spacial score (nSPS) is 15.8. The molecular weight excluding hydrogens is 312 g/mol. The average Bonchev–Trinajstić information content (AvgIpc) is 2.97. The smallest absolute Gasteiger partial charge is 0.193 e. The average molecular weight is 334 g/mol. The lowest BCUT2D eigenvalue weighted by molar-refractivity contribution is 0.415. The number of ether oxygens (including phenoxy) is 1. The lowest BCUT2D eigenvalue weighted by Crippen LogP contribution is -2.23. The molecule has 0 bridgehead atoms. The van der Waals surface area contributed by atoms with Gasteiger partial charge in [-0.3, -0.25) is 4.99 Å². The number of hydrogen-bond donors (Lipinski definition) is 1. The molecule has 1 aliphatic heterocycles. The number of aliphatic imine (C=N–C) groups is 3. The second kappa shape index (κ2) is 6.89. The monoisotopic (exact) mass is 334 g/mol. The Kier molecular flexibility index (Phi) is 4.65. The molecule has 128 valence electrons. The lowest BCUT2D eigenvalue weighted by Gasteiger charge is -2.13. The van der Waals surface area contributed by atoms with E-state index in [1.807, 2.05) is 75.4 Å². The third-order valence-corrected chi connectivity index (χ3v) is 3.47. The Balaban J connectivity index is 1.92. The van der Waals surface area contributed by atoms with E-state index in [0.717, 1.165) is 17.0 Å². The van der Waals surface area contributed by atoms with Crippen molar-refractivity contribution < 1.29 is 4.74 Å². The fourth-order valence-electron chi connectivity index (χ4n) is 2.34. The van der Waals surface area contributed by atoms with Crippen molar-refractivity contribution in [1.29, 1.82) is 0 Å². The van der Waals surface area contributed by atoms with Gasteiger partial charge in [0, 0.05) is 11.3 Å². The number of anilines is 1. The van der Waals surface area contributed by atoms with E-state index in [1.165, 1.54) is 0 Å². The van der Waals surface area contributed by atoms with E-state index in [4.69, 9.17) is 9.73 Å². The highest BCUT2D eigenvalue weighted by molar-refractivity contribution is 6.51. The van der Waals surface area contributed by atoms with Gasteiger partial charge in [-0.15, -0.1) is 0 Å². The van der Waals surface area contributed by atoms with E-state index in [-0.39, 0.29) is 5.54 Å². The first-order chi connectivity index (χ1) is 11.9. The van der Waals surface area contributed by atoms with E-state index in [2.05, 4.69) is 15.3 Å². The number of benzene rings is 2. The molecule has 0 fully saturated rings. The molecule has 5 nitrogen and oxygen atoms in total. The molecule has 0 saturated carbocycles. The molecule has 25 heavy (non-hydrogen) atoms. The van der Waals surface area contributed by atoms with Gasteiger partial charge in [-0.2, -0.15) is 0 Å². The van der Waals surface area contributed by atoms with Crippen LogP contribution in [0.5, 0.6) is 5.75 Å². The zero-order valence-corrected chi connectivity index (χ0v) is 14.9. The van der Waals surface area contributed by atoms with Crippen LogP contribution in [0, 0.1) is 0 Å². The minimum absolute atomic E-state index is 0.243. The first kappa shape index (κ1) is 16.9. The Labute approximate surface area is 148 Å². The van der Waals surface area contributed by atoms with Gasteiger partial charge >= 0.3 is 0 Å². The van der Waals surface area contributed by atoms with Gasteiger partial charge in [0.25, 0.3) is 0 Å². The van der Waals surface area contributed by atoms with Crippen molar-refractivity contribution in [3.63, 3.8) is 0 Å². The zero-order valence-electron chi connectivity index (χ0n) is 14.9. The van der Waals surface area contributed by atoms with Crippen LogP contribution in [-0.4, -0.2) is 30.2 Å². The summed E-state index contributed by atoms with van der Waals surface area (Å²) in [4.78, 5) is 14.0. The Morgan fingerprint density at radius 3 is 2.20 bits per heavy atom. The molecule has 1 aliphatic rings. The summed E-state index contributed by atoms with van der Waals surface area (Å²) in [6.07, 6.45) is 0. The topological polar surface area (TPSA) is 58.3 Å². The van der Waals surface area contributed by atoms with E-state index in [9.17, 15) is 0 Å². The van der Waals surface area contributed by atoms with Gasteiger partial charge in [0.15, 0.2) is 17.5 Å². The molecular formula is C20H22N4O. The highest BCUT2D eigenvalue weighted by Gasteiger charge is 2.22. The molecule has 1 N–H and O–H groups in total. The van der Waals surface area contributed by atoms with Crippen molar-refractivity contribution in [3.05, 3.63) is 60.2 Å². The first-order valence-corrected chi connectivity index (χ1v) is 8.19. The Morgan fingerprint density at radius 2 is 1.60 bits per heavy atom. The fraction of sp³-hybridized carbons (Fsp3) is 0.250. The molecule has 0 spiro atoms. The molecule has 3 rings (SSSR count). The highest BCUT2D eigenvalue weighted by Crippen LogP contribution is 2.18. The van der Waals surface area contributed by atoms with Gasteiger partial charge in [-0.05, 0) is 45.0 Å². The first-order valence-electron chi connectivity index (χ1n) is 8.19. The van der Waals surface area contributed by atoms with Crippen molar-refractivity contribution in [2.24, 2.45) is 15.0 Å². The second-order valence-electron chi connectivity index (χ2n) is 6.72. The number of nitrogens with one attached hydrogen (secondary N) is 1. The third kappa shape index (κ3) is 4.32. The van der Waals surface area contributed by atoms with Gasteiger partial charge < -0.3 is 10.1 Å². The van der Waals surface area contributed by atoms with Crippen LogP contribution in [0.3, 0.4) is 0 Å². The Morgan fingerprint density at radius 1 is 0.920 bits per heavy atom. The molecule has 0 unspecified atom stereocenters. The van der Waals surface area contributed by atoms with Crippen LogP contribution >= 0.6 is 0 Å². The summed E-state index contributed by atoms with van der Waals surface area (Å²) in [5, 5.41) is 3.31. The van der Waals surface area contributed by atoms with Crippen LogP contribution in [0.2, 0.25) is 0 Å². The lowest BCUT2D eigenvalue weighted by atomic mass is 10.1. The molecule has 0 saturated heterocycles. The summed E-state index contributed by atoms with van der Waals surface area (Å²) in [5.74, 6) is 2.74. The molecule has 5 heteroatoms. The van der Waals surface area contributed by atoms with E-state index in [1.54, 1.807) is 7.11 Å². The summed E-state index contributed by atoms with van der Waals surface area (Å²) < 4.78 is 5.20. The van der Waals surface area contributed by atoms with Crippen LogP contribution in [0.1, 0.15) is 26.3 Å². The van der Waals surface area contributed by atoms with Gasteiger partial charge in [0.1, 0.15) is 5.75 Å².